The minimum absolute atomic E-state index is 0.380. The summed E-state index contributed by atoms with van der Waals surface area (Å²) < 4.78 is 28.0. The lowest BCUT2D eigenvalue weighted by Gasteiger charge is -2.16. The standard InChI is InChI=1S/C16H18O3S/c1-20(17,18)19-16(12-14-8-4-2-5-9-14)13-15-10-6-3-7-11-15/h2-11,16H,12-13H2,1H3. The van der Waals surface area contributed by atoms with Gasteiger partial charge in [-0.15, -0.1) is 0 Å². The largest absolute Gasteiger partial charge is 0.266 e. The van der Waals surface area contributed by atoms with Crippen LogP contribution in [0.2, 0.25) is 0 Å². The second-order valence-corrected chi connectivity index (χ2v) is 6.40. The fourth-order valence-electron chi connectivity index (χ4n) is 2.14. The topological polar surface area (TPSA) is 43.4 Å². The smallest absolute Gasteiger partial charge is 0.264 e. The Labute approximate surface area is 120 Å². The monoisotopic (exact) mass is 290 g/mol. The van der Waals surface area contributed by atoms with Crippen LogP contribution in [0.5, 0.6) is 0 Å². The van der Waals surface area contributed by atoms with Gasteiger partial charge in [-0.25, -0.2) is 0 Å². The zero-order valence-electron chi connectivity index (χ0n) is 11.4. The van der Waals surface area contributed by atoms with E-state index in [1.54, 1.807) is 0 Å². The molecule has 2 aromatic rings. The van der Waals surface area contributed by atoms with E-state index < -0.39 is 10.1 Å². The molecule has 0 aliphatic carbocycles. The van der Waals surface area contributed by atoms with Crippen molar-refractivity contribution >= 4 is 10.1 Å². The molecule has 2 aromatic carbocycles. The van der Waals surface area contributed by atoms with Crippen molar-refractivity contribution in [2.75, 3.05) is 6.26 Å². The van der Waals surface area contributed by atoms with Crippen molar-refractivity contribution in [3.63, 3.8) is 0 Å². The molecule has 0 saturated heterocycles. The lowest BCUT2D eigenvalue weighted by Crippen LogP contribution is -2.22. The summed E-state index contributed by atoms with van der Waals surface area (Å²) in [6.07, 6.45) is 1.86. The fourth-order valence-corrected chi connectivity index (χ4v) is 2.77. The molecule has 0 N–H and O–H groups in total. The maximum Gasteiger partial charge on any atom is 0.264 e. The van der Waals surface area contributed by atoms with Gasteiger partial charge in [0, 0.05) is 12.8 Å². The fraction of sp³-hybridized carbons (Fsp3) is 0.250. The van der Waals surface area contributed by atoms with Crippen molar-refractivity contribution in [2.24, 2.45) is 0 Å². The van der Waals surface area contributed by atoms with Crippen molar-refractivity contribution in [2.45, 2.75) is 18.9 Å². The van der Waals surface area contributed by atoms with Gasteiger partial charge in [0.2, 0.25) is 0 Å². The van der Waals surface area contributed by atoms with Crippen molar-refractivity contribution in [3.8, 4) is 0 Å². The Kier molecular flexibility index (Phi) is 4.93. The summed E-state index contributed by atoms with van der Waals surface area (Å²) in [5, 5.41) is 0. The molecule has 0 bridgehead atoms. The Bertz CT molecular complexity index is 580. The lowest BCUT2D eigenvalue weighted by atomic mass is 10.0. The molecule has 0 amide bonds. The summed E-state index contributed by atoms with van der Waals surface area (Å²) in [5.74, 6) is 0. The quantitative estimate of drug-likeness (QED) is 0.768. The van der Waals surface area contributed by atoms with E-state index in [9.17, 15) is 8.42 Å². The van der Waals surface area contributed by atoms with Crippen LogP contribution in [0.3, 0.4) is 0 Å². The minimum Gasteiger partial charge on any atom is -0.266 e. The molecule has 2 rings (SSSR count). The van der Waals surface area contributed by atoms with Gasteiger partial charge in [-0.2, -0.15) is 8.42 Å². The van der Waals surface area contributed by atoms with Crippen LogP contribution in [-0.2, 0) is 27.1 Å². The molecular weight excluding hydrogens is 272 g/mol. The highest BCUT2D eigenvalue weighted by Gasteiger charge is 2.16. The third-order valence-corrected chi connectivity index (χ3v) is 3.55. The summed E-state index contributed by atoms with van der Waals surface area (Å²) in [5.41, 5.74) is 2.13. The number of hydrogen-bond acceptors (Lipinski definition) is 3. The second kappa shape index (κ2) is 6.68. The summed E-state index contributed by atoms with van der Waals surface area (Å²) in [7, 11) is -3.46. The minimum atomic E-state index is -3.46. The molecule has 3 nitrogen and oxygen atoms in total. The highest BCUT2D eigenvalue weighted by molar-refractivity contribution is 7.86. The summed E-state index contributed by atoms with van der Waals surface area (Å²) in [6, 6.07) is 19.5. The van der Waals surface area contributed by atoms with E-state index in [-0.39, 0.29) is 6.10 Å². The van der Waals surface area contributed by atoms with E-state index in [0.29, 0.717) is 12.8 Å². The van der Waals surface area contributed by atoms with E-state index in [1.165, 1.54) is 0 Å². The molecule has 0 aromatic heterocycles. The SMILES string of the molecule is CS(=O)(=O)OC(Cc1ccccc1)Cc1ccccc1. The maximum atomic E-state index is 11.4. The molecule has 0 aliphatic rings. The molecular formula is C16H18O3S. The van der Waals surface area contributed by atoms with E-state index in [0.717, 1.165) is 17.4 Å². The number of benzene rings is 2. The Balaban J connectivity index is 2.12. The average Bonchev–Trinajstić information content (AvgIpc) is 2.39. The van der Waals surface area contributed by atoms with Crippen LogP contribution in [0.4, 0.5) is 0 Å². The Hall–Kier alpha value is -1.65. The molecule has 0 spiro atoms. The van der Waals surface area contributed by atoms with E-state index in [2.05, 4.69) is 0 Å². The van der Waals surface area contributed by atoms with Crippen molar-refractivity contribution < 1.29 is 12.6 Å². The van der Waals surface area contributed by atoms with Gasteiger partial charge in [-0.05, 0) is 11.1 Å². The molecule has 4 heteroatoms. The van der Waals surface area contributed by atoms with Crippen molar-refractivity contribution in [1.29, 1.82) is 0 Å². The summed E-state index contributed by atoms with van der Waals surface area (Å²) >= 11 is 0. The zero-order chi connectivity index (χ0) is 14.4. The van der Waals surface area contributed by atoms with Gasteiger partial charge in [-0.3, -0.25) is 4.18 Å². The van der Waals surface area contributed by atoms with Crippen LogP contribution in [-0.4, -0.2) is 20.8 Å². The van der Waals surface area contributed by atoms with Gasteiger partial charge >= 0.3 is 0 Å². The van der Waals surface area contributed by atoms with Gasteiger partial charge < -0.3 is 0 Å². The molecule has 0 saturated carbocycles. The van der Waals surface area contributed by atoms with Crippen LogP contribution in [0.25, 0.3) is 0 Å². The molecule has 0 radical (unpaired) electrons. The van der Waals surface area contributed by atoms with Gasteiger partial charge in [-0.1, -0.05) is 60.7 Å². The highest BCUT2D eigenvalue weighted by Crippen LogP contribution is 2.13. The summed E-state index contributed by atoms with van der Waals surface area (Å²) in [6.45, 7) is 0. The van der Waals surface area contributed by atoms with Crippen LogP contribution in [0.15, 0.2) is 60.7 Å². The Morgan fingerprint density at radius 1 is 0.850 bits per heavy atom. The maximum absolute atomic E-state index is 11.4. The highest BCUT2D eigenvalue weighted by atomic mass is 32.2. The molecule has 0 atom stereocenters. The Morgan fingerprint density at radius 2 is 1.25 bits per heavy atom. The van der Waals surface area contributed by atoms with Gasteiger partial charge in [0.25, 0.3) is 10.1 Å². The van der Waals surface area contributed by atoms with E-state index in [1.807, 2.05) is 60.7 Å². The first-order valence-corrected chi connectivity index (χ1v) is 8.31. The van der Waals surface area contributed by atoms with Crippen LogP contribution in [0.1, 0.15) is 11.1 Å². The normalized spacial score (nSPS) is 11.7. The van der Waals surface area contributed by atoms with Gasteiger partial charge in [0.1, 0.15) is 0 Å². The molecule has 20 heavy (non-hydrogen) atoms. The van der Waals surface area contributed by atoms with Crippen LogP contribution in [0, 0.1) is 0 Å². The predicted molar refractivity (Wildman–Crippen MR) is 80.0 cm³/mol. The second-order valence-electron chi connectivity index (χ2n) is 4.80. The molecule has 0 heterocycles. The van der Waals surface area contributed by atoms with Crippen LogP contribution >= 0.6 is 0 Å². The summed E-state index contributed by atoms with van der Waals surface area (Å²) in [4.78, 5) is 0. The molecule has 0 unspecified atom stereocenters. The lowest BCUT2D eigenvalue weighted by molar-refractivity contribution is 0.212. The first-order valence-electron chi connectivity index (χ1n) is 6.49. The predicted octanol–water partition coefficient (Wildman–Crippen LogP) is 2.82. The molecule has 0 aliphatic heterocycles. The van der Waals surface area contributed by atoms with Crippen molar-refractivity contribution in [1.82, 2.24) is 0 Å². The van der Waals surface area contributed by atoms with Crippen molar-refractivity contribution in [3.05, 3.63) is 71.8 Å². The van der Waals surface area contributed by atoms with E-state index in [4.69, 9.17) is 4.18 Å². The third-order valence-electron chi connectivity index (χ3n) is 2.92. The van der Waals surface area contributed by atoms with Gasteiger partial charge in [0.15, 0.2) is 0 Å². The van der Waals surface area contributed by atoms with E-state index >= 15 is 0 Å². The molecule has 106 valence electrons. The average molecular weight is 290 g/mol. The first-order chi connectivity index (χ1) is 9.53. The third kappa shape index (κ3) is 5.15. The molecule has 0 fully saturated rings. The van der Waals surface area contributed by atoms with Crippen LogP contribution < -0.4 is 0 Å². The van der Waals surface area contributed by atoms with Gasteiger partial charge in [0.05, 0.1) is 12.4 Å². The number of hydrogen-bond donors (Lipinski definition) is 0. The Morgan fingerprint density at radius 3 is 1.60 bits per heavy atom. The zero-order valence-corrected chi connectivity index (χ0v) is 12.2. The number of rotatable bonds is 6. The first kappa shape index (κ1) is 14.8.